The van der Waals surface area contributed by atoms with E-state index in [-0.39, 0.29) is 5.91 Å². The summed E-state index contributed by atoms with van der Waals surface area (Å²) in [5.74, 6) is -0.0726. The fourth-order valence-corrected chi connectivity index (χ4v) is 3.36. The zero-order valence-corrected chi connectivity index (χ0v) is 15.7. The van der Waals surface area contributed by atoms with Gasteiger partial charge in [0.2, 0.25) is 0 Å². The SMILES string of the molecule is O=C(NCc1ccccc1-c1ccc(Cn2cccn2)cc1)C1CNCCO1. The molecule has 1 aromatic heterocycles. The summed E-state index contributed by atoms with van der Waals surface area (Å²) in [5.41, 5.74) is 4.53. The molecule has 0 saturated carbocycles. The van der Waals surface area contributed by atoms with Crippen LogP contribution in [0.4, 0.5) is 0 Å². The van der Waals surface area contributed by atoms with Crippen LogP contribution in [-0.2, 0) is 22.6 Å². The molecule has 6 nitrogen and oxygen atoms in total. The lowest BCUT2D eigenvalue weighted by molar-refractivity contribution is -0.134. The smallest absolute Gasteiger partial charge is 0.250 e. The van der Waals surface area contributed by atoms with Gasteiger partial charge in [0.05, 0.1) is 13.2 Å². The van der Waals surface area contributed by atoms with Crippen LogP contribution in [-0.4, -0.2) is 41.5 Å². The minimum absolute atomic E-state index is 0.0726. The summed E-state index contributed by atoms with van der Waals surface area (Å²) in [6, 6.07) is 18.6. The number of hydrogen-bond donors (Lipinski definition) is 2. The summed E-state index contributed by atoms with van der Waals surface area (Å²) < 4.78 is 7.42. The minimum Gasteiger partial charge on any atom is -0.366 e. The molecule has 2 aromatic carbocycles. The number of nitrogens with one attached hydrogen (secondary N) is 2. The zero-order valence-electron chi connectivity index (χ0n) is 15.7. The lowest BCUT2D eigenvalue weighted by Crippen LogP contribution is -2.47. The maximum Gasteiger partial charge on any atom is 0.250 e. The highest BCUT2D eigenvalue weighted by Crippen LogP contribution is 2.24. The predicted molar refractivity (Wildman–Crippen MR) is 108 cm³/mol. The first-order valence-corrected chi connectivity index (χ1v) is 9.54. The molecule has 1 aliphatic rings. The predicted octanol–water partition coefficient (Wildman–Crippen LogP) is 2.20. The van der Waals surface area contributed by atoms with Gasteiger partial charge in [-0.15, -0.1) is 0 Å². The molecular formula is C22H24N4O2. The fraction of sp³-hybridized carbons (Fsp3) is 0.273. The lowest BCUT2D eigenvalue weighted by atomic mass is 9.98. The van der Waals surface area contributed by atoms with Gasteiger partial charge in [-0.1, -0.05) is 48.5 Å². The van der Waals surface area contributed by atoms with Gasteiger partial charge in [0.15, 0.2) is 0 Å². The Morgan fingerprint density at radius 1 is 1.18 bits per heavy atom. The van der Waals surface area contributed by atoms with Crippen molar-refractivity contribution in [2.45, 2.75) is 19.2 Å². The molecule has 0 radical (unpaired) electrons. The summed E-state index contributed by atoms with van der Waals surface area (Å²) >= 11 is 0. The number of aromatic nitrogens is 2. The summed E-state index contributed by atoms with van der Waals surface area (Å²) in [6.45, 7) is 3.15. The highest BCUT2D eigenvalue weighted by atomic mass is 16.5. The van der Waals surface area contributed by atoms with E-state index in [1.807, 2.05) is 35.1 Å². The molecule has 28 heavy (non-hydrogen) atoms. The van der Waals surface area contributed by atoms with Gasteiger partial charge in [0, 0.05) is 32.0 Å². The van der Waals surface area contributed by atoms with Crippen LogP contribution in [0.25, 0.3) is 11.1 Å². The van der Waals surface area contributed by atoms with Gasteiger partial charge in [-0.25, -0.2) is 0 Å². The van der Waals surface area contributed by atoms with E-state index < -0.39 is 6.10 Å². The number of morpholine rings is 1. The van der Waals surface area contributed by atoms with Crippen molar-refractivity contribution in [2.24, 2.45) is 0 Å². The number of amides is 1. The van der Waals surface area contributed by atoms with Crippen molar-refractivity contribution in [2.75, 3.05) is 19.7 Å². The van der Waals surface area contributed by atoms with Crippen LogP contribution in [0.3, 0.4) is 0 Å². The zero-order chi connectivity index (χ0) is 19.2. The van der Waals surface area contributed by atoms with E-state index in [1.54, 1.807) is 6.20 Å². The van der Waals surface area contributed by atoms with E-state index in [0.717, 1.165) is 29.8 Å². The number of carbonyl (C=O) groups excluding carboxylic acids is 1. The van der Waals surface area contributed by atoms with Crippen molar-refractivity contribution < 1.29 is 9.53 Å². The Balaban J connectivity index is 1.44. The molecule has 1 aliphatic heterocycles. The van der Waals surface area contributed by atoms with Gasteiger partial charge in [0.25, 0.3) is 5.91 Å². The minimum atomic E-state index is -0.414. The van der Waals surface area contributed by atoms with E-state index in [1.165, 1.54) is 5.56 Å². The van der Waals surface area contributed by atoms with Crippen LogP contribution < -0.4 is 10.6 Å². The highest BCUT2D eigenvalue weighted by molar-refractivity contribution is 5.81. The number of carbonyl (C=O) groups is 1. The van der Waals surface area contributed by atoms with Crippen molar-refractivity contribution in [3.8, 4) is 11.1 Å². The number of nitrogens with zero attached hydrogens (tertiary/aromatic N) is 2. The topological polar surface area (TPSA) is 68.2 Å². The Morgan fingerprint density at radius 2 is 2.04 bits per heavy atom. The third-order valence-electron chi connectivity index (χ3n) is 4.86. The molecule has 3 aromatic rings. The molecule has 2 heterocycles. The van der Waals surface area contributed by atoms with E-state index in [0.29, 0.717) is 19.7 Å². The fourth-order valence-electron chi connectivity index (χ4n) is 3.36. The highest BCUT2D eigenvalue weighted by Gasteiger charge is 2.21. The first-order chi connectivity index (χ1) is 13.8. The van der Waals surface area contributed by atoms with E-state index in [4.69, 9.17) is 4.74 Å². The van der Waals surface area contributed by atoms with Crippen LogP contribution in [0.15, 0.2) is 67.0 Å². The number of rotatable bonds is 6. The van der Waals surface area contributed by atoms with Crippen molar-refractivity contribution in [1.82, 2.24) is 20.4 Å². The third-order valence-corrected chi connectivity index (χ3v) is 4.86. The molecule has 2 N–H and O–H groups in total. The number of ether oxygens (including phenoxy) is 1. The monoisotopic (exact) mass is 376 g/mol. The van der Waals surface area contributed by atoms with Crippen LogP contribution in [0.2, 0.25) is 0 Å². The van der Waals surface area contributed by atoms with Gasteiger partial charge in [-0.05, 0) is 28.3 Å². The Labute approximate surface area is 164 Å². The second kappa shape index (κ2) is 8.82. The van der Waals surface area contributed by atoms with Crippen molar-refractivity contribution in [3.63, 3.8) is 0 Å². The molecular weight excluding hydrogens is 352 g/mol. The van der Waals surface area contributed by atoms with E-state index >= 15 is 0 Å². The molecule has 0 spiro atoms. The second-order valence-corrected chi connectivity index (χ2v) is 6.84. The first-order valence-electron chi connectivity index (χ1n) is 9.54. The molecule has 6 heteroatoms. The Hall–Kier alpha value is -2.96. The summed E-state index contributed by atoms with van der Waals surface area (Å²) in [4.78, 5) is 12.3. The summed E-state index contributed by atoms with van der Waals surface area (Å²) in [5, 5.41) is 10.4. The van der Waals surface area contributed by atoms with Gasteiger partial charge < -0.3 is 15.4 Å². The average molecular weight is 376 g/mol. The maximum atomic E-state index is 12.3. The normalized spacial score (nSPS) is 16.6. The Bertz CT molecular complexity index is 901. The summed E-state index contributed by atoms with van der Waals surface area (Å²) in [7, 11) is 0. The van der Waals surface area contributed by atoms with Crippen LogP contribution in [0, 0.1) is 0 Å². The Kier molecular flexibility index (Phi) is 5.80. The number of benzene rings is 2. The van der Waals surface area contributed by atoms with Gasteiger partial charge in [-0.2, -0.15) is 5.10 Å². The molecule has 144 valence electrons. The van der Waals surface area contributed by atoms with Crippen molar-refractivity contribution >= 4 is 5.91 Å². The first kappa shape index (κ1) is 18.4. The van der Waals surface area contributed by atoms with Crippen molar-refractivity contribution in [3.05, 3.63) is 78.1 Å². The number of hydrogen-bond acceptors (Lipinski definition) is 4. The molecule has 0 bridgehead atoms. The van der Waals surface area contributed by atoms with Crippen LogP contribution in [0.1, 0.15) is 11.1 Å². The molecule has 4 rings (SSSR count). The van der Waals surface area contributed by atoms with Crippen LogP contribution in [0.5, 0.6) is 0 Å². The molecule has 1 fully saturated rings. The van der Waals surface area contributed by atoms with E-state index in [2.05, 4.69) is 46.1 Å². The molecule has 0 aliphatic carbocycles. The molecule has 1 saturated heterocycles. The Morgan fingerprint density at radius 3 is 2.79 bits per heavy atom. The standard InChI is InChI=1S/C22H24N4O2/c27-22(21-15-23-11-13-28-21)24-14-19-4-1-2-5-20(19)18-8-6-17(7-9-18)16-26-12-3-10-25-26/h1-10,12,21,23H,11,13-16H2,(H,24,27). The summed E-state index contributed by atoms with van der Waals surface area (Å²) in [6.07, 6.45) is 3.33. The largest absolute Gasteiger partial charge is 0.366 e. The maximum absolute atomic E-state index is 12.3. The third kappa shape index (κ3) is 4.47. The van der Waals surface area contributed by atoms with Gasteiger partial charge in [-0.3, -0.25) is 9.48 Å². The van der Waals surface area contributed by atoms with Crippen molar-refractivity contribution in [1.29, 1.82) is 0 Å². The second-order valence-electron chi connectivity index (χ2n) is 6.84. The lowest BCUT2D eigenvalue weighted by Gasteiger charge is -2.23. The van der Waals surface area contributed by atoms with Gasteiger partial charge in [0.1, 0.15) is 6.10 Å². The molecule has 1 amide bonds. The van der Waals surface area contributed by atoms with Crippen LogP contribution >= 0.6 is 0 Å². The molecule has 1 atom stereocenters. The quantitative estimate of drug-likeness (QED) is 0.692. The average Bonchev–Trinajstić information content (AvgIpc) is 3.26. The molecule has 1 unspecified atom stereocenters. The van der Waals surface area contributed by atoms with E-state index in [9.17, 15) is 4.79 Å². The van der Waals surface area contributed by atoms with Gasteiger partial charge >= 0.3 is 0 Å².